The van der Waals surface area contributed by atoms with Gasteiger partial charge in [-0.15, -0.1) is 0 Å². The largest absolute Gasteiger partial charge is 0.476 e. The van der Waals surface area contributed by atoms with E-state index in [1.54, 1.807) is 36.4 Å². The van der Waals surface area contributed by atoms with Gasteiger partial charge < -0.3 is 14.8 Å². The van der Waals surface area contributed by atoms with Crippen LogP contribution in [0.2, 0.25) is 0 Å². The van der Waals surface area contributed by atoms with Crippen LogP contribution in [0.15, 0.2) is 84.9 Å². The second-order valence-corrected chi connectivity index (χ2v) is 11.2. The van der Waals surface area contributed by atoms with Gasteiger partial charge in [0.05, 0.1) is 18.0 Å². The third-order valence-corrected chi connectivity index (χ3v) is 8.71. The number of anilines is 1. The van der Waals surface area contributed by atoms with E-state index in [2.05, 4.69) is 17.4 Å². The molecule has 0 unspecified atom stereocenters. The monoisotopic (exact) mass is 506 g/mol. The van der Waals surface area contributed by atoms with Gasteiger partial charge in [-0.25, -0.2) is 8.42 Å². The molecule has 3 aromatic rings. The van der Waals surface area contributed by atoms with Crippen molar-refractivity contribution in [2.24, 2.45) is 0 Å². The second kappa shape index (κ2) is 10.3. The number of amides is 1. The van der Waals surface area contributed by atoms with Gasteiger partial charge in [0.2, 0.25) is 10.0 Å². The highest BCUT2D eigenvalue weighted by atomic mass is 32.2. The summed E-state index contributed by atoms with van der Waals surface area (Å²) in [5.41, 5.74) is 2.06. The fourth-order valence-corrected chi connectivity index (χ4v) is 6.54. The highest BCUT2D eigenvalue weighted by Gasteiger charge is 2.39. The Morgan fingerprint density at radius 1 is 0.917 bits per heavy atom. The van der Waals surface area contributed by atoms with Crippen LogP contribution in [0.5, 0.6) is 5.75 Å². The standard InChI is InChI=1S/C28H30N2O5S/c31-27(29-21-28(15-17-34-18-16-28)23-11-5-2-6-12-23)26-19-30(24-13-7-8-14-25(24)35-26)36(32,33)20-22-9-3-1-4-10-22/h1-14,26H,15-21H2,(H,29,31)/t26-/m0/s1. The second-order valence-electron chi connectivity index (χ2n) is 9.32. The molecule has 36 heavy (non-hydrogen) atoms. The number of nitrogens with zero attached hydrogens (tertiary/aromatic N) is 1. The van der Waals surface area contributed by atoms with Gasteiger partial charge in [0.15, 0.2) is 6.10 Å². The van der Waals surface area contributed by atoms with Crippen molar-refractivity contribution in [2.45, 2.75) is 30.1 Å². The summed E-state index contributed by atoms with van der Waals surface area (Å²) in [6, 6.07) is 26.1. The zero-order chi connectivity index (χ0) is 25.0. The van der Waals surface area contributed by atoms with Crippen LogP contribution in [0.25, 0.3) is 0 Å². The van der Waals surface area contributed by atoms with Gasteiger partial charge in [0, 0.05) is 25.2 Å². The molecule has 0 saturated carbocycles. The first-order chi connectivity index (χ1) is 17.5. The van der Waals surface area contributed by atoms with E-state index in [0.29, 0.717) is 36.8 Å². The molecular weight excluding hydrogens is 476 g/mol. The molecular formula is C28H30N2O5S. The van der Waals surface area contributed by atoms with Crippen molar-refractivity contribution >= 4 is 21.6 Å². The summed E-state index contributed by atoms with van der Waals surface area (Å²) in [6.07, 6.45) is 0.630. The van der Waals surface area contributed by atoms with Gasteiger partial charge in [-0.05, 0) is 36.1 Å². The summed E-state index contributed by atoms with van der Waals surface area (Å²) in [4.78, 5) is 13.4. The molecule has 2 aliphatic heterocycles. The van der Waals surface area contributed by atoms with Crippen LogP contribution in [-0.4, -0.2) is 46.7 Å². The van der Waals surface area contributed by atoms with E-state index in [1.165, 1.54) is 4.31 Å². The number of sulfonamides is 1. The minimum Gasteiger partial charge on any atom is -0.476 e. The Balaban J connectivity index is 1.36. The van der Waals surface area contributed by atoms with Crippen LogP contribution in [0.1, 0.15) is 24.0 Å². The lowest BCUT2D eigenvalue weighted by molar-refractivity contribution is -0.128. The highest BCUT2D eigenvalue weighted by molar-refractivity contribution is 7.92. The highest BCUT2D eigenvalue weighted by Crippen LogP contribution is 2.37. The van der Waals surface area contributed by atoms with Crippen LogP contribution >= 0.6 is 0 Å². The van der Waals surface area contributed by atoms with E-state index in [1.807, 2.05) is 36.4 Å². The molecule has 188 valence electrons. The maximum Gasteiger partial charge on any atom is 0.263 e. The van der Waals surface area contributed by atoms with Gasteiger partial charge in [-0.3, -0.25) is 9.10 Å². The number of benzene rings is 3. The Morgan fingerprint density at radius 3 is 2.28 bits per heavy atom. The van der Waals surface area contributed by atoms with Crippen LogP contribution in [-0.2, 0) is 30.7 Å². The first kappa shape index (κ1) is 24.3. The molecule has 2 heterocycles. The van der Waals surface area contributed by atoms with E-state index < -0.39 is 16.1 Å². The molecule has 1 N–H and O–H groups in total. The summed E-state index contributed by atoms with van der Waals surface area (Å²) in [5, 5.41) is 3.07. The lowest BCUT2D eigenvalue weighted by atomic mass is 9.74. The molecule has 2 aliphatic rings. The number of ether oxygens (including phenoxy) is 2. The molecule has 1 amide bonds. The number of rotatable bonds is 7. The molecule has 0 radical (unpaired) electrons. The van der Waals surface area contributed by atoms with Gasteiger partial charge in [-0.1, -0.05) is 72.8 Å². The summed E-state index contributed by atoms with van der Waals surface area (Å²) < 4.78 is 39.8. The van der Waals surface area contributed by atoms with E-state index in [0.717, 1.165) is 18.4 Å². The van der Waals surface area contributed by atoms with Crippen molar-refractivity contribution in [3.63, 3.8) is 0 Å². The number of carbonyl (C=O) groups excluding carboxylic acids is 1. The first-order valence-corrected chi connectivity index (χ1v) is 13.8. The van der Waals surface area contributed by atoms with Crippen molar-refractivity contribution in [1.82, 2.24) is 5.32 Å². The maximum atomic E-state index is 13.5. The Bertz CT molecular complexity index is 1290. The average Bonchev–Trinajstić information content (AvgIpc) is 2.92. The maximum absolute atomic E-state index is 13.5. The molecule has 0 spiro atoms. The molecule has 8 heteroatoms. The molecule has 1 atom stereocenters. The topological polar surface area (TPSA) is 84.9 Å². The number of hydrogen-bond acceptors (Lipinski definition) is 5. The quantitative estimate of drug-likeness (QED) is 0.529. The number of hydrogen-bond donors (Lipinski definition) is 1. The zero-order valence-electron chi connectivity index (χ0n) is 20.0. The van der Waals surface area contributed by atoms with Gasteiger partial charge in [-0.2, -0.15) is 0 Å². The van der Waals surface area contributed by atoms with Crippen LogP contribution in [0.3, 0.4) is 0 Å². The van der Waals surface area contributed by atoms with E-state index in [-0.39, 0.29) is 23.6 Å². The van der Waals surface area contributed by atoms with Crippen molar-refractivity contribution in [1.29, 1.82) is 0 Å². The van der Waals surface area contributed by atoms with Crippen LogP contribution in [0.4, 0.5) is 5.69 Å². The molecule has 3 aromatic carbocycles. The Kier molecular flexibility index (Phi) is 6.98. The van der Waals surface area contributed by atoms with Gasteiger partial charge in [0.1, 0.15) is 5.75 Å². The van der Waals surface area contributed by atoms with Crippen molar-refractivity contribution in [3.05, 3.63) is 96.1 Å². The number of fused-ring (bicyclic) bond motifs is 1. The number of nitrogens with one attached hydrogen (secondary N) is 1. The van der Waals surface area contributed by atoms with Crippen molar-refractivity contribution in [3.8, 4) is 5.75 Å². The first-order valence-electron chi connectivity index (χ1n) is 12.2. The average molecular weight is 507 g/mol. The zero-order valence-corrected chi connectivity index (χ0v) is 20.8. The molecule has 1 saturated heterocycles. The predicted octanol–water partition coefficient (Wildman–Crippen LogP) is 3.65. The molecule has 1 fully saturated rings. The third-order valence-electron chi connectivity index (χ3n) is 6.99. The van der Waals surface area contributed by atoms with E-state index in [4.69, 9.17) is 9.47 Å². The Labute approximate surface area is 212 Å². The van der Waals surface area contributed by atoms with Crippen molar-refractivity contribution in [2.75, 3.05) is 30.6 Å². The van der Waals surface area contributed by atoms with Crippen LogP contribution < -0.4 is 14.4 Å². The molecule has 0 bridgehead atoms. The molecule has 5 rings (SSSR count). The summed E-state index contributed by atoms with van der Waals surface area (Å²) in [7, 11) is -3.75. The number of carbonyl (C=O) groups is 1. The normalized spacial score (nSPS) is 19.1. The fourth-order valence-electron chi connectivity index (χ4n) is 4.96. The van der Waals surface area contributed by atoms with Gasteiger partial charge >= 0.3 is 0 Å². The van der Waals surface area contributed by atoms with E-state index in [9.17, 15) is 13.2 Å². The molecule has 7 nitrogen and oxygen atoms in total. The molecule has 0 aromatic heterocycles. The number of para-hydroxylation sites is 2. The lowest BCUT2D eigenvalue weighted by Gasteiger charge is -2.39. The predicted molar refractivity (Wildman–Crippen MR) is 138 cm³/mol. The summed E-state index contributed by atoms with van der Waals surface area (Å²) >= 11 is 0. The third kappa shape index (κ3) is 5.10. The minimum atomic E-state index is -3.75. The molecule has 0 aliphatic carbocycles. The fraction of sp³-hybridized carbons (Fsp3) is 0.321. The SMILES string of the molecule is O=C(NCC1(c2ccccc2)CCOCC1)[C@@H]1CN(S(=O)(=O)Cc2ccccc2)c2ccccc2O1. The lowest BCUT2D eigenvalue weighted by Crippen LogP contribution is -2.53. The summed E-state index contributed by atoms with van der Waals surface area (Å²) in [6.45, 7) is 1.60. The van der Waals surface area contributed by atoms with Crippen molar-refractivity contribution < 1.29 is 22.7 Å². The summed E-state index contributed by atoms with van der Waals surface area (Å²) in [5.74, 6) is -0.108. The minimum absolute atomic E-state index is 0.0839. The van der Waals surface area contributed by atoms with E-state index >= 15 is 0 Å². The Hall–Kier alpha value is -3.36. The van der Waals surface area contributed by atoms with Crippen LogP contribution in [0, 0.1) is 0 Å². The smallest absolute Gasteiger partial charge is 0.263 e. The Morgan fingerprint density at radius 2 is 1.56 bits per heavy atom. The van der Waals surface area contributed by atoms with Gasteiger partial charge in [0.25, 0.3) is 5.91 Å².